The molecule has 0 rings (SSSR count). The molecule has 0 aliphatic carbocycles. The number of rotatable bonds is 6. The molecule has 13 heavy (non-hydrogen) atoms. The number of unbranched alkanes of at least 4 members (excludes halogenated alkanes) is 2. The standard InChI is InChI=1S/C11H20O2/c1-4-6-7-8-11(5-2)9-13-10(3)12/h8H,4-7,9H2,1-3H3/b11-8+. The molecule has 0 aromatic rings. The molecule has 0 radical (unpaired) electrons. The molecule has 0 aliphatic heterocycles. The lowest BCUT2D eigenvalue weighted by Gasteiger charge is -2.04. The minimum Gasteiger partial charge on any atom is -0.461 e. The Morgan fingerprint density at radius 1 is 1.38 bits per heavy atom. The SMILES string of the molecule is CCCC/C=C(\CC)COC(C)=O. The van der Waals surface area contributed by atoms with E-state index in [9.17, 15) is 4.79 Å². The van der Waals surface area contributed by atoms with E-state index in [1.165, 1.54) is 25.3 Å². The number of carbonyl (C=O) groups is 1. The molecule has 0 bridgehead atoms. The summed E-state index contributed by atoms with van der Waals surface area (Å²) in [5.41, 5.74) is 1.23. The van der Waals surface area contributed by atoms with Crippen molar-refractivity contribution in [1.82, 2.24) is 0 Å². The molecule has 0 aliphatic rings. The van der Waals surface area contributed by atoms with E-state index in [1.807, 2.05) is 0 Å². The first-order valence-electron chi connectivity index (χ1n) is 5.02. The Labute approximate surface area is 81.0 Å². The maximum atomic E-state index is 10.5. The number of ether oxygens (including phenoxy) is 1. The highest BCUT2D eigenvalue weighted by atomic mass is 16.5. The van der Waals surface area contributed by atoms with Gasteiger partial charge in [0.25, 0.3) is 0 Å². The monoisotopic (exact) mass is 184 g/mol. The van der Waals surface area contributed by atoms with Crippen molar-refractivity contribution in [2.75, 3.05) is 6.61 Å². The molecule has 0 saturated carbocycles. The molecule has 0 N–H and O–H groups in total. The minimum absolute atomic E-state index is 0.199. The van der Waals surface area contributed by atoms with E-state index in [4.69, 9.17) is 4.74 Å². The molecule has 2 nitrogen and oxygen atoms in total. The second kappa shape index (κ2) is 7.84. The highest BCUT2D eigenvalue weighted by Gasteiger charge is 1.96. The fourth-order valence-corrected chi connectivity index (χ4v) is 1.01. The van der Waals surface area contributed by atoms with Crippen LogP contribution in [0.2, 0.25) is 0 Å². The molecule has 2 heteroatoms. The lowest BCUT2D eigenvalue weighted by Crippen LogP contribution is -2.02. The quantitative estimate of drug-likeness (QED) is 0.360. The van der Waals surface area contributed by atoms with Crippen molar-refractivity contribution in [2.45, 2.75) is 46.5 Å². The van der Waals surface area contributed by atoms with E-state index in [0.29, 0.717) is 6.61 Å². The summed E-state index contributed by atoms with van der Waals surface area (Å²) in [5.74, 6) is -0.199. The summed E-state index contributed by atoms with van der Waals surface area (Å²) in [6.45, 7) is 6.17. The molecule has 0 amide bonds. The third kappa shape index (κ3) is 7.57. The first-order chi connectivity index (χ1) is 6.20. The predicted molar refractivity (Wildman–Crippen MR) is 54.5 cm³/mol. The molecule has 76 valence electrons. The predicted octanol–water partition coefficient (Wildman–Crippen LogP) is 3.08. The zero-order valence-corrected chi connectivity index (χ0v) is 8.93. The van der Waals surface area contributed by atoms with Crippen LogP contribution in [-0.4, -0.2) is 12.6 Å². The van der Waals surface area contributed by atoms with Crippen molar-refractivity contribution in [2.24, 2.45) is 0 Å². The van der Waals surface area contributed by atoms with Crippen LogP contribution in [0.5, 0.6) is 0 Å². The van der Waals surface area contributed by atoms with Crippen molar-refractivity contribution in [3.8, 4) is 0 Å². The molecule has 0 unspecified atom stereocenters. The molecular weight excluding hydrogens is 164 g/mol. The molecule has 0 atom stereocenters. The maximum Gasteiger partial charge on any atom is 0.302 e. The normalized spacial score (nSPS) is 11.5. The summed E-state index contributed by atoms with van der Waals surface area (Å²) in [6.07, 6.45) is 6.68. The zero-order valence-electron chi connectivity index (χ0n) is 8.93. The molecule has 0 aromatic carbocycles. The van der Waals surface area contributed by atoms with Crippen LogP contribution in [0.25, 0.3) is 0 Å². The van der Waals surface area contributed by atoms with E-state index in [2.05, 4.69) is 19.9 Å². The number of carbonyl (C=O) groups excluding carboxylic acids is 1. The highest BCUT2D eigenvalue weighted by Crippen LogP contribution is 2.05. The highest BCUT2D eigenvalue weighted by molar-refractivity contribution is 5.66. The van der Waals surface area contributed by atoms with Crippen LogP contribution in [0.4, 0.5) is 0 Å². The average molecular weight is 184 g/mol. The Kier molecular flexibility index (Phi) is 7.36. The Bertz CT molecular complexity index is 171. The summed E-state index contributed by atoms with van der Waals surface area (Å²) < 4.78 is 4.92. The van der Waals surface area contributed by atoms with Gasteiger partial charge in [-0.15, -0.1) is 0 Å². The van der Waals surface area contributed by atoms with E-state index in [1.54, 1.807) is 0 Å². The van der Waals surface area contributed by atoms with Crippen molar-refractivity contribution >= 4 is 5.97 Å². The Balaban J connectivity index is 3.73. The van der Waals surface area contributed by atoms with Gasteiger partial charge in [0, 0.05) is 6.92 Å². The fraction of sp³-hybridized carbons (Fsp3) is 0.727. The summed E-state index contributed by atoms with van der Waals surface area (Å²) in [5, 5.41) is 0. The van der Waals surface area contributed by atoms with Crippen LogP contribution in [0, 0.1) is 0 Å². The average Bonchev–Trinajstić information content (AvgIpc) is 2.10. The first-order valence-corrected chi connectivity index (χ1v) is 5.02. The largest absolute Gasteiger partial charge is 0.461 e. The fourth-order valence-electron chi connectivity index (χ4n) is 1.01. The van der Waals surface area contributed by atoms with E-state index < -0.39 is 0 Å². The molecule has 0 heterocycles. The van der Waals surface area contributed by atoms with Crippen LogP contribution >= 0.6 is 0 Å². The second-order valence-corrected chi connectivity index (χ2v) is 3.14. The van der Waals surface area contributed by atoms with Gasteiger partial charge in [0.1, 0.15) is 6.61 Å². The minimum atomic E-state index is -0.199. The third-order valence-electron chi connectivity index (χ3n) is 1.91. The lowest BCUT2D eigenvalue weighted by molar-refractivity contribution is -0.140. The first kappa shape index (κ1) is 12.2. The number of hydrogen-bond acceptors (Lipinski definition) is 2. The van der Waals surface area contributed by atoms with Gasteiger partial charge in [-0.05, 0) is 18.4 Å². The Morgan fingerprint density at radius 2 is 2.08 bits per heavy atom. The van der Waals surface area contributed by atoms with E-state index >= 15 is 0 Å². The molecule has 0 spiro atoms. The van der Waals surface area contributed by atoms with Gasteiger partial charge in [0.2, 0.25) is 0 Å². The number of allylic oxidation sites excluding steroid dienone is 1. The molecule has 0 aromatic heterocycles. The van der Waals surface area contributed by atoms with Crippen molar-refractivity contribution < 1.29 is 9.53 Å². The van der Waals surface area contributed by atoms with Crippen LogP contribution in [-0.2, 0) is 9.53 Å². The Hall–Kier alpha value is -0.790. The molecule has 0 saturated heterocycles. The Morgan fingerprint density at radius 3 is 2.54 bits per heavy atom. The summed E-state index contributed by atoms with van der Waals surface area (Å²) >= 11 is 0. The summed E-state index contributed by atoms with van der Waals surface area (Å²) in [7, 11) is 0. The molecule has 0 fully saturated rings. The summed E-state index contributed by atoms with van der Waals surface area (Å²) in [6, 6.07) is 0. The van der Waals surface area contributed by atoms with Gasteiger partial charge in [-0.25, -0.2) is 0 Å². The second-order valence-electron chi connectivity index (χ2n) is 3.14. The van der Waals surface area contributed by atoms with Gasteiger partial charge in [-0.2, -0.15) is 0 Å². The number of hydrogen-bond donors (Lipinski definition) is 0. The summed E-state index contributed by atoms with van der Waals surface area (Å²) in [4.78, 5) is 10.5. The van der Waals surface area contributed by atoms with Crippen molar-refractivity contribution in [3.63, 3.8) is 0 Å². The maximum absolute atomic E-state index is 10.5. The number of esters is 1. The van der Waals surface area contributed by atoms with E-state index in [0.717, 1.165) is 12.8 Å². The van der Waals surface area contributed by atoms with Crippen LogP contribution in [0.1, 0.15) is 46.5 Å². The topological polar surface area (TPSA) is 26.3 Å². The smallest absolute Gasteiger partial charge is 0.302 e. The van der Waals surface area contributed by atoms with E-state index in [-0.39, 0.29) is 5.97 Å². The van der Waals surface area contributed by atoms with Crippen molar-refractivity contribution in [1.29, 1.82) is 0 Å². The van der Waals surface area contributed by atoms with Crippen LogP contribution < -0.4 is 0 Å². The lowest BCUT2D eigenvalue weighted by atomic mass is 10.1. The zero-order chi connectivity index (χ0) is 10.1. The van der Waals surface area contributed by atoms with Crippen LogP contribution in [0.15, 0.2) is 11.6 Å². The van der Waals surface area contributed by atoms with Crippen molar-refractivity contribution in [3.05, 3.63) is 11.6 Å². The molecular formula is C11H20O2. The van der Waals surface area contributed by atoms with Gasteiger partial charge in [0.05, 0.1) is 0 Å². The van der Waals surface area contributed by atoms with Gasteiger partial charge in [0.15, 0.2) is 0 Å². The van der Waals surface area contributed by atoms with Gasteiger partial charge >= 0.3 is 5.97 Å². The van der Waals surface area contributed by atoms with Crippen LogP contribution in [0.3, 0.4) is 0 Å². The van der Waals surface area contributed by atoms with Gasteiger partial charge in [-0.1, -0.05) is 32.8 Å². The van der Waals surface area contributed by atoms with Gasteiger partial charge in [-0.3, -0.25) is 4.79 Å². The van der Waals surface area contributed by atoms with Gasteiger partial charge < -0.3 is 4.74 Å². The third-order valence-corrected chi connectivity index (χ3v) is 1.91.